The maximum Gasteiger partial charge on any atom is 0.0121 e. The van der Waals surface area contributed by atoms with E-state index in [9.17, 15) is 0 Å². The van der Waals surface area contributed by atoms with Gasteiger partial charge in [0.15, 0.2) is 0 Å². The van der Waals surface area contributed by atoms with Crippen molar-refractivity contribution in [3.8, 4) is 0 Å². The zero-order valence-electron chi connectivity index (χ0n) is 10.4. The van der Waals surface area contributed by atoms with Gasteiger partial charge in [0, 0.05) is 12.6 Å². The van der Waals surface area contributed by atoms with Gasteiger partial charge < -0.3 is 0 Å². The summed E-state index contributed by atoms with van der Waals surface area (Å²) in [7, 11) is 0. The summed E-state index contributed by atoms with van der Waals surface area (Å²) in [5, 5.41) is 0. The van der Waals surface area contributed by atoms with Crippen LogP contribution in [0.4, 0.5) is 0 Å². The molecule has 1 saturated heterocycles. The van der Waals surface area contributed by atoms with Crippen molar-refractivity contribution in [2.45, 2.75) is 59.4 Å². The second kappa shape index (κ2) is 5.75. The van der Waals surface area contributed by atoms with Crippen molar-refractivity contribution in [1.82, 2.24) is 4.90 Å². The lowest BCUT2D eigenvalue weighted by Gasteiger charge is -2.30. The van der Waals surface area contributed by atoms with Crippen molar-refractivity contribution < 1.29 is 0 Å². The lowest BCUT2D eigenvalue weighted by Crippen LogP contribution is -2.37. The van der Waals surface area contributed by atoms with Gasteiger partial charge in [0.05, 0.1) is 0 Å². The normalized spacial score (nSPS) is 27.9. The van der Waals surface area contributed by atoms with Gasteiger partial charge in [0.2, 0.25) is 0 Å². The van der Waals surface area contributed by atoms with Crippen LogP contribution in [0.1, 0.15) is 53.4 Å². The van der Waals surface area contributed by atoms with E-state index in [4.69, 9.17) is 0 Å². The quantitative estimate of drug-likeness (QED) is 0.651. The second-order valence-electron chi connectivity index (χ2n) is 5.10. The predicted octanol–water partition coefficient (Wildman–Crippen LogP) is 3.54. The molecular weight excluding hydrogens is 170 g/mol. The highest BCUT2D eigenvalue weighted by Gasteiger charge is 2.28. The van der Waals surface area contributed by atoms with Gasteiger partial charge in [-0.2, -0.15) is 0 Å². The Balaban J connectivity index is 2.42. The van der Waals surface area contributed by atoms with E-state index in [0.29, 0.717) is 0 Å². The van der Waals surface area contributed by atoms with E-state index in [1.165, 1.54) is 38.8 Å². The topological polar surface area (TPSA) is 3.24 Å². The molecule has 0 saturated carbocycles. The molecule has 1 fully saturated rings. The van der Waals surface area contributed by atoms with Gasteiger partial charge in [0.25, 0.3) is 0 Å². The molecule has 1 heteroatoms. The molecule has 0 aromatic carbocycles. The monoisotopic (exact) mass is 197 g/mol. The summed E-state index contributed by atoms with van der Waals surface area (Å²) in [5.74, 6) is 1.77. The molecule has 0 aromatic heterocycles. The number of likely N-dealkylation sites (tertiary alicyclic amines) is 1. The highest BCUT2D eigenvalue weighted by atomic mass is 15.2. The van der Waals surface area contributed by atoms with Crippen LogP contribution in [0.15, 0.2) is 0 Å². The molecule has 14 heavy (non-hydrogen) atoms. The lowest BCUT2D eigenvalue weighted by molar-refractivity contribution is 0.170. The van der Waals surface area contributed by atoms with Crippen LogP contribution in [-0.4, -0.2) is 24.0 Å². The molecule has 1 aliphatic heterocycles. The Hall–Kier alpha value is -0.0400. The molecular formula is C13H27N. The Labute approximate surface area is 89.9 Å². The minimum absolute atomic E-state index is 0.875. The zero-order valence-corrected chi connectivity index (χ0v) is 10.4. The zero-order chi connectivity index (χ0) is 10.6. The molecule has 3 unspecified atom stereocenters. The summed E-state index contributed by atoms with van der Waals surface area (Å²) in [4.78, 5) is 2.74. The summed E-state index contributed by atoms with van der Waals surface area (Å²) < 4.78 is 0. The Bertz CT molecular complexity index is 155. The molecule has 0 N–H and O–H groups in total. The molecule has 0 amide bonds. The van der Waals surface area contributed by atoms with Crippen LogP contribution in [0.5, 0.6) is 0 Å². The van der Waals surface area contributed by atoms with Gasteiger partial charge >= 0.3 is 0 Å². The Kier molecular flexibility index (Phi) is 4.94. The Morgan fingerprint density at radius 2 is 1.93 bits per heavy atom. The molecule has 0 aromatic rings. The molecule has 1 rings (SSSR count). The summed E-state index contributed by atoms with van der Waals surface area (Å²) in [5.41, 5.74) is 0. The Morgan fingerprint density at radius 1 is 1.21 bits per heavy atom. The van der Waals surface area contributed by atoms with E-state index in [1.807, 2.05) is 0 Å². The van der Waals surface area contributed by atoms with E-state index >= 15 is 0 Å². The fraction of sp³-hybridized carbons (Fsp3) is 1.00. The van der Waals surface area contributed by atoms with E-state index in [-0.39, 0.29) is 0 Å². The molecule has 0 radical (unpaired) electrons. The third-order valence-electron chi connectivity index (χ3n) is 3.96. The average molecular weight is 197 g/mol. The third kappa shape index (κ3) is 2.98. The largest absolute Gasteiger partial charge is 0.300 e. The van der Waals surface area contributed by atoms with Gasteiger partial charge in [0.1, 0.15) is 0 Å². The van der Waals surface area contributed by atoms with E-state index in [0.717, 1.165) is 17.9 Å². The molecule has 0 bridgehead atoms. The van der Waals surface area contributed by atoms with Crippen LogP contribution in [0.2, 0.25) is 0 Å². The Morgan fingerprint density at radius 3 is 2.50 bits per heavy atom. The first-order valence-electron chi connectivity index (χ1n) is 6.43. The highest BCUT2D eigenvalue weighted by molar-refractivity contribution is 4.83. The highest BCUT2D eigenvalue weighted by Crippen LogP contribution is 2.26. The van der Waals surface area contributed by atoms with Crippen LogP contribution in [0.25, 0.3) is 0 Å². The van der Waals surface area contributed by atoms with E-state index in [2.05, 4.69) is 32.6 Å². The van der Waals surface area contributed by atoms with Gasteiger partial charge in [-0.15, -0.1) is 0 Å². The SMILES string of the molecule is CCC(C)CN1CCCC1C(C)CC. The minimum Gasteiger partial charge on any atom is -0.300 e. The van der Waals surface area contributed by atoms with Gasteiger partial charge in [-0.25, -0.2) is 0 Å². The van der Waals surface area contributed by atoms with Crippen molar-refractivity contribution in [3.05, 3.63) is 0 Å². The molecule has 84 valence electrons. The minimum atomic E-state index is 0.875. The van der Waals surface area contributed by atoms with Gasteiger partial charge in [-0.1, -0.05) is 40.5 Å². The predicted molar refractivity (Wildman–Crippen MR) is 63.5 cm³/mol. The first-order chi connectivity index (χ1) is 6.69. The van der Waals surface area contributed by atoms with Crippen LogP contribution >= 0.6 is 0 Å². The van der Waals surface area contributed by atoms with Crippen LogP contribution in [0.3, 0.4) is 0 Å². The standard InChI is InChI=1S/C13H27N/c1-5-11(3)10-14-9-7-8-13(14)12(4)6-2/h11-13H,5-10H2,1-4H3. The van der Waals surface area contributed by atoms with Crippen LogP contribution < -0.4 is 0 Å². The summed E-state index contributed by atoms with van der Waals surface area (Å²) in [6, 6.07) is 0.883. The molecule has 3 atom stereocenters. The number of nitrogens with zero attached hydrogens (tertiary/aromatic N) is 1. The molecule has 1 aliphatic rings. The fourth-order valence-electron chi connectivity index (χ4n) is 2.52. The van der Waals surface area contributed by atoms with Crippen LogP contribution in [-0.2, 0) is 0 Å². The maximum absolute atomic E-state index is 2.74. The van der Waals surface area contributed by atoms with Crippen molar-refractivity contribution >= 4 is 0 Å². The lowest BCUT2D eigenvalue weighted by atomic mass is 9.96. The van der Waals surface area contributed by atoms with Gasteiger partial charge in [-0.3, -0.25) is 4.90 Å². The van der Waals surface area contributed by atoms with Crippen LogP contribution in [0, 0.1) is 11.8 Å². The van der Waals surface area contributed by atoms with Crippen molar-refractivity contribution in [1.29, 1.82) is 0 Å². The fourth-order valence-corrected chi connectivity index (χ4v) is 2.52. The van der Waals surface area contributed by atoms with Crippen molar-refractivity contribution in [2.24, 2.45) is 11.8 Å². The van der Waals surface area contributed by atoms with E-state index < -0.39 is 0 Å². The van der Waals surface area contributed by atoms with Crippen molar-refractivity contribution in [3.63, 3.8) is 0 Å². The molecule has 0 aliphatic carbocycles. The molecule has 1 heterocycles. The van der Waals surface area contributed by atoms with Gasteiger partial charge in [-0.05, 0) is 31.2 Å². The number of rotatable bonds is 5. The van der Waals surface area contributed by atoms with E-state index in [1.54, 1.807) is 0 Å². The summed E-state index contributed by atoms with van der Waals surface area (Å²) in [6.07, 6.45) is 5.52. The number of hydrogen-bond donors (Lipinski definition) is 0. The smallest absolute Gasteiger partial charge is 0.0121 e. The molecule has 0 spiro atoms. The third-order valence-corrected chi connectivity index (χ3v) is 3.96. The molecule has 1 nitrogen and oxygen atoms in total. The maximum atomic E-state index is 2.74. The first kappa shape index (κ1) is 12.0. The summed E-state index contributed by atoms with van der Waals surface area (Å²) >= 11 is 0. The number of hydrogen-bond acceptors (Lipinski definition) is 1. The average Bonchev–Trinajstić information content (AvgIpc) is 2.64. The first-order valence-corrected chi connectivity index (χ1v) is 6.43. The second-order valence-corrected chi connectivity index (χ2v) is 5.10. The summed E-state index contributed by atoms with van der Waals surface area (Å²) in [6.45, 7) is 12.1. The van der Waals surface area contributed by atoms with Crippen molar-refractivity contribution in [2.75, 3.05) is 13.1 Å².